The Morgan fingerprint density at radius 2 is 1.95 bits per heavy atom. The SMILES string of the molecule is CCC(CC)(CC(=O)O)NC(=O)c1csc(S(N)(=O)=O)c1. The quantitative estimate of drug-likeness (QED) is 0.689. The maximum atomic E-state index is 12.2. The summed E-state index contributed by atoms with van der Waals surface area (Å²) in [6, 6.07) is 1.19. The van der Waals surface area contributed by atoms with Crippen molar-refractivity contribution in [3.05, 3.63) is 17.0 Å². The van der Waals surface area contributed by atoms with Gasteiger partial charge in [-0.2, -0.15) is 0 Å². The van der Waals surface area contributed by atoms with E-state index in [2.05, 4.69) is 5.32 Å². The monoisotopic (exact) mass is 334 g/mol. The maximum Gasteiger partial charge on any atom is 0.305 e. The molecule has 0 aromatic carbocycles. The Bertz CT molecular complexity index is 632. The molecule has 1 aromatic rings. The highest BCUT2D eigenvalue weighted by Crippen LogP contribution is 2.23. The lowest BCUT2D eigenvalue weighted by molar-refractivity contribution is -0.138. The van der Waals surface area contributed by atoms with E-state index in [4.69, 9.17) is 10.2 Å². The molecule has 0 radical (unpaired) electrons. The molecular formula is C12H18N2O5S2. The predicted octanol–water partition coefficient (Wildman–Crippen LogP) is 1.16. The van der Waals surface area contributed by atoms with Crippen LogP contribution in [-0.4, -0.2) is 30.9 Å². The lowest BCUT2D eigenvalue weighted by Gasteiger charge is -2.31. The number of nitrogens with two attached hydrogens (primary N) is 1. The Balaban J connectivity index is 2.97. The molecule has 0 aliphatic rings. The van der Waals surface area contributed by atoms with Gasteiger partial charge in [-0.25, -0.2) is 13.6 Å². The summed E-state index contributed by atoms with van der Waals surface area (Å²) >= 11 is 0.850. The van der Waals surface area contributed by atoms with Crippen LogP contribution in [0.1, 0.15) is 43.5 Å². The van der Waals surface area contributed by atoms with E-state index in [1.165, 1.54) is 11.4 Å². The van der Waals surface area contributed by atoms with Gasteiger partial charge in [0.2, 0.25) is 10.0 Å². The van der Waals surface area contributed by atoms with Crippen molar-refractivity contribution in [3.8, 4) is 0 Å². The van der Waals surface area contributed by atoms with Crippen LogP contribution in [0.5, 0.6) is 0 Å². The summed E-state index contributed by atoms with van der Waals surface area (Å²) in [7, 11) is -3.84. The van der Waals surface area contributed by atoms with Crippen LogP contribution in [0.15, 0.2) is 15.7 Å². The number of carboxylic acid groups (broad SMARTS) is 1. The summed E-state index contributed by atoms with van der Waals surface area (Å²) in [6.07, 6.45) is 0.708. The van der Waals surface area contributed by atoms with Crippen molar-refractivity contribution in [2.24, 2.45) is 5.14 Å². The second kappa shape index (κ2) is 6.54. The van der Waals surface area contributed by atoms with Gasteiger partial charge in [0, 0.05) is 5.38 Å². The molecule has 0 aliphatic carbocycles. The fraction of sp³-hybridized carbons (Fsp3) is 0.500. The van der Waals surface area contributed by atoms with Gasteiger partial charge < -0.3 is 10.4 Å². The summed E-state index contributed by atoms with van der Waals surface area (Å²) in [5.41, 5.74) is -0.701. The van der Waals surface area contributed by atoms with Crippen LogP contribution in [0, 0.1) is 0 Å². The number of hydrogen-bond acceptors (Lipinski definition) is 5. The second-order valence-electron chi connectivity index (χ2n) is 4.71. The normalized spacial score (nSPS) is 12.1. The van der Waals surface area contributed by atoms with Gasteiger partial charge in [-0.05, 0) is 18.9 Å². The zero-order valence-electron chi connectivity index (χ0n) is 11.8. The second-order valence-corrected chi connectivity index (χ2v) is 7.41. The van der Waals surface area contributed by atoms with Gasteiger partial charge in [0.15, 0.2) is 0 Å². The van der Waals surface area contributed by atoms with E-state index in [0.717, 1.165) is 11.3 Å². The minimum atomic E-state index is -3.84. The fourth-order valence-corrected chi connectivity index (χ4v) is 3.49. The lowest BCUT2D eigenvalue weighted by atomic mass is 9.88. The Hall–Kier alpha value is -1.45. The van der Waals surface area contributed by atoms with Crippen LogP contribution < -0.4 is 10.5 Å². The Kier molecular flexibility index (Phi) is 5.48. The number of nitrogens with one attached hydrogen (secondary N) is 1. The molecule has 118 valence electrons. The zero-order chi connectivity index (χ0) is 16.3. The summed E-state index contributed by atoms with van der Waals surface area (Å²) in [6.45, 7) is 3.58. The van der Waals surface area contributed by atoms with Gasteiger partial charge in [-0.3, -0.25) is 9.59 Å². The molecule has 0 atom stereocenters. The standard InChI is InChI=1S/C12H18N2O5S2/c1-3-12(4-2,6-9(15)16)14-11(17)8-5-10(20-7-8)21(13,18)19/h5,7H,3-4,6H2,1-2H3,(H,14,17)(H,15,16)(H2,13,18,19). The summed E-state index contributed by atoms with van der Waals surface area (Å²) in [4.78, 5) is 23.1. The molecule has 0 unspecified atom stereocenters. The van der Waals surface area contributed by atoms with E-state index in [1.54, 1.807) is 13.8 Å². The molecule has 9 heteroatoms. The number of primary sulfonamides is 1. The first-order valence-electron chi connectivity index (χ1n) is 6.29. The van der Waals surface area contributed by atoms with Crippen LogP contribution >= 0.6 is 11.3 Å². The van der Waals surface area contributed by atoms with Crippen molar-refractivity contribution < 1.29 is 23.1 Å². The van der Waals surface area contributed by atoms with Gasteiger partial charge in [0.25, 0.3) is 5.91 Å². The van der Waals surface area contributed by atoms with Crippen LogP contribution in [0.4, 0.5) is 0 Å². The zero-order valence-corrected chi connectivity index (χ0v) is 13.4. The average Bonchev–Trinajstić information content (AvgIpc) is 2.86. The first kappa shape index (κ1) is 17.6. The van der Waals surface area contributed by atoms with Crippen molar-refractivity contribution >= 4 is 33.2 Å². The van der Waals surface area contributed by atoms with Gasteiger partial charge in [0.05, 0.1) is 17.5 Å². The summed E-state index contributed by atoms with van der Waals surface area (Å²) in [5.74, 6) is -1.51. The number of amides is 1. The highest BCUT2D eigenvalue weighted by molar-refractivity contribution is 7.91. The third-order valence-electron chi connectivity index (χ3n) is 3.34. The molecule has 0 saturated heterocycles. The maximum absolute atomic E-state index is 12.2. The predicted molar refractivity (Wildman–Crippen MR) is 78.7 cm³/mol. The van der Waals surface area contributed by atoms with Gasteiger partial charge in [-0.15, -0.1) is 11.3 Å². The molecular weight excluding hydrogens is 316 g/mol. The van der Waals surface area contributed by atoms with Gasteiger partial charge in [0.1, 0.15) is 4.21 Å². The molecule has 0 bridgehead atoms. The van der Waals surface area contributed by atoms with E-state index in [-0.39, 0.29) is 16.2 Å². The number of sulfonamides is 1. The Morgan fingerprint density at radius 3 is 2.33 bits per heavy atom. The van der Waals surface area contributed by atoms with Crippen molar-refractivity contribution in [3.63, 3.8) is 0 Å². The summed E-state index contributed by atoms with van der Waals surface area (Å²) in [5, 5.41) is 18.0. The van der Waals surface area contributed by atoms with E-state index >= 15 is 0 Å². The van der Waals surface area contributed by atoms with Crippen molar-refractivity contribution in [2.75, 3.05) is 0 Å². The molecule has 4 N–H and O–H groups in total. The molecule has 1 amide bonds. The number of carbonyl (C=O) groups is 2. The molecule has 7 nitrogen and oxygen atoms in total. The number of rotatable bonds is 7. The molecule has 1 aromatic heterocycles. The topological polar surface area (TPSA) is 127 Å². The van der Waals surface area contributed by atoms with Crippen LogP contribution in [-0.2, 0) is 14.8 Å². The Labute approximate surface area is 127 Å². The molecule has 0 spiro atoms. The highest BCUT2D eigenvalue weighted by Gasteiger charge is 2.31. The van der Waals surface area contributed by atoms with Crippen LogP contribution in [0.3, 0.4) is 0 Å². The molecule has 0 aliphatic heterocycles. The molecule has 0 saturated carbocycles. The van der Waals surface area contributed by atoms with Crippen molar-refractivity contribution in [2.45, 2.75) is 42.9 Å². The Morgan fingerprint density at radius 1 is 1.38 bits per heavy atom. The van der Waals surface area contributed by atoms with E-state index in [9.17, 15) is 18.0 Å². The summed E-state index contributed by atoms with van der Waals surface area (Å²) < 4.78 is 22.3. The minimum absolute atomic E-state index is 0.107. The molecule has 0 fully saturated rings. The van der Waals surface area contributed by atoms with E-state index in [1.807, 2.05) is 0 Å². The van der Waals surface area contributed by atoms with Gasteiger partial charge >= 0.3 is 5.97 Å². The number of hydrogen-bond donors (Lipinski definition) is 3. The number of carbonyl (C=O) groups excluding carboxylic acids is 1. The lowest BCUT2D eigenvalue weighted by Crippen LogP contribution is -2.49. The van der Waals surface area contributed by atoms with Crippen molar-refractivity contribution in [1.29, 1.82) is 0 Å². The fourth-order valence-electron chi connectivity index (χ4n) is 1.91. The first-order valence-corrected chi connectivity index (χ1v) is 8.72. The van der Waals surface area contributed by atoms with E-state index < -0.39 is 27.4 Å². The largest absolute Gasteiger partial charge is 0.481 e. The van der Waals surface area contributed by atoms with Gasteiger partial charge in [-0.1, -0.05) is 13.8 Å². The third-order valence-corrected chi connectivity index (χ3v) is 5.73. The minimum Gasteiger partial charge on any atom is -0.481 e. The number of carboxylic acids is 1. The third kappa shape index (κ3) is 4.51. The molecule has 21 heavy (non-hydrogen) atoms. The van der Waals surface area contributed by atoms with Crippen molar-refractivity contribution in [1.82, 2.24) is 5.32 Å². The van der Waals surface area contributed by atoms with E-state index in [0.29, 0.717) is 12.8 Å². The first-order chi connectivity index (χ1) is 9.63. The smallest absolute Gasteiger partial charge is 0.305 e. The molecule has 1 heterocycles. The number of thiophene rings is 1. The van der Waals surface area contributed by atoms with Crippen LogP contribution in [0.25, 0.3) is 0 Å². The number of aliphatic carboxylic acids is 1. The average molecular weight is 334 g/mol. The highest BCUT2D eigenvalue weighted by atomic mass is 32.2. The molecule has 1 rings (SSSR count). The van der Waals surface area contributed by atoms with Crippen LogP contribution in [0.2, 0.25) is 0 Å².